The number of benzene rings is 1. The molecule has 5 aliphatic rings. The highest BCUT2D eigenvalue weighted by Crippen LogP contribution is 2.65. The second-order valence-electron chi connectivity index (χ2n) is 18.0. The van der Waals surface area contributed by atoms with E-state index in [1.54, 1.807) is 24.3 Å². The molecule has 3 saturated carbocycles. The van der Waals surface area contributed by atoms with Gasteiger partial charge in [-0.1, -0.05) is 90.2 Å². The van der Waals surface area contributed by atoms with Crippen LogP contribution in [-0.4, -0.2) is 77.3 Å². The summed E-state index contributed by atoms with van der Waals surface area (Å²) in [5, 5.41) is 13.2. The van der Waals surface area contributed by atoms with Crippen LogP contribution in [0.2, 0.25) is 0 Å². The number of hydrogen-bond acceptors (Lipinski definition) is 9. The van der Waals surface area contributed by atoms with Crippen molar-refractivity contribution in [3.8, 4) is 0 Å². The fourth-order valence-corrected chi connectivity index (χ4v) is 9.76. The number of nitrogens with two attached hydrogens (primary N) is 1. The Morgan fingerprint density at radius 1 is 0.982 bits per heavy atom. The molecule has 14 nitrogen and oxygen atoms in total. The van der Waals surface area contributed by atoms with Crippen LogP contribution in [0.4, 0.5) is 0 Å². The molecule has 4 N–H and O–H groups in total. The lowest BCUT2D eigenvalue weighted by molar-refractivity contribution is -0.525. The Balaban J connectivity index is 1.03. The lowest BCUT2D eigenvalue weighted by Crippen LogP contribution is -2.65. The first-order valence-corrected chi connectivity index (χ1v) is 21.4. The van der Waals surface area contributed by atoms with Crippen molar-refractivity contribution in [3.63, 3.8) is 0 Å². The predicted octanol–water partition coefficient (Wildman–Crippen LogP) is 6.43. The minimum absolute atomic E-state index is 0.00965. The average molecular weight is 793 g/mol. The summed E-state index contributed by atoms with van der Waals surface area (Å²) in [4.78, 5) is 68.4. The van der Waals surface area contributed by atoms with Gasteiger partial charge in [0, 0.05) is 31.8 Å². The van der Waals surface area contributed by atoms with E-state index in [0.29, 0.717) is 55.2 Å². The summed E-state index contributed by atoms with van der Waals surface area (Å²) in [6.45, 7) is 11.7. The molecule has 15 heteroatoms. The van der Waals surface area contributed by atoms with Gasteiger partial charge >= 0.3 is 7.12 Å². The molecule has 314 valence electrons. The standard InChI is InChI=1S/C42H65BN6O8/c1-28(2)24-36(43-56-35-27-30-26-34(41(30,3)4)42(35,5)57-43)46-37(51)29(18-17-22-45-40(44)47-49(54)55)25-31(50)19-13-11-9-7-6-8-10-12-16-23-48-38(52)32-20-14-15-21-33(32)39(48)53/h14-15,20-21,28-30,34-36H,6-13,16-19,22-27H2,1-5H3,(H,46,51)(H3,44,45,47)/t29-,30-,34-,35-,36+,42+/m1/s1. The maximum Gasteiger partial charge on any atom is 0.481 e. The van der Waals surface area contributed by atoms with Crippen LogP contribution >= 0.6 is 0 Å². The Kier molecular flexibility index (Phi) is 15.3. The van der Waals surface area contributed by atoms with Crippen molar-refractivity contribution in [1.82, 2.24) is 15.6 Å². The Bertz CT molecular complexity index is 1600. The van der Waals surface area contributed by atoms with Crippen molar-refractivity contribution in [2.75, 3.05) is 13.1 Å². The molecule has 0 unspecified atom stereocenters. The fourth-order valence-electron chi connectivity index (χ4n) is 9.76. The number of rotatable bonds is 24. The second-order valence-corrected chi connectivity index (χ2v) is 18.0. The highest BCUT2D eigenvalue weighted by molar-refractivity contribution is 6.47. The number of aliphatic imine (C=N–C) groups is 1. The topological polar surface area (TPSA) is 196 Å². The monoisotopic (exact) mass is 792 g/mol. The molecule has 2 aliphatic heterocycles. The zero-order chi connectivity index (χ0) is 41.3. The summed E-state index contributed by atoms with van der Waals surface area (Å²) in [6.07, 6.45) is 12.9. The fraction of sp³-hybridized carbons (Fsp3) is 0.738. The molecule has 0 spiro atoms. The zero-order valence-electron chi connectivity index (χ0n) is 34.8. The van der Waals surface area contributed by atoms with Gasteiger partial charge in [0.15, 0.2) is 5.03 Å². The molecule has 4 fully saturated rings. The number of fused-ring (bicyclic) bond motifs is 1. The summed E-state index contributed by atoms with van der Waals surface area (Å²) in [5.74, 6) is -0.543. The van der Waals surface area contributed by atoms with Crippen LogP contribution in [0.1, 0.15) is 158 Å². The molecule has 2 bridgehead atoms. The molecule has 0 radical (unpaired) electrons. The third-order valence-electron chi connectivity index (χ3n) is 13.1. The number of amides is 3. The summed E-state index contributed by atoms with van der Waals surface area (Å²) in [5.41, 5.74) is 8.20. The number of unbranched alkanes of at least 4 members (excludes halogenated alkanes) is 8. The number of nitrogens with zero attached hydrogens (tertiary/aromatic N) is 3. The first-order chi connectivity index (χ1) is 27.1. The van der Waals surface area contributed by atoms with Gasteiger partial charge in [-0.15, -0.1) is 0 Å². The molecule has 1 aromatic carbocycles. The van der Waals surface area contributed by atoms with Crippen LogP contribution < -0.4 is 16.5 Å². The molecule has 3 aliphatic carbocycles. The summed E-state index contributed by atoms with van der Waals surface area (Å²) in [7, 11) is -0.569. The van der Waals surface area contributed by atoms with Crippen LogP contribution in [-0.2, 0) is 18.9 Å². The number of ketones is 1. The van der Waals surface area contributed by atoms with Crippen LogP contribution in [0.25, 0.3) is 0 Å². The van der Waals surface area contributed by atoms with Crippen molar-refractivity contribution in [2.45, 2.75) is 155 Å². The van der Waals surface area contributed by atoms with Gasteiger partial charge < -0.3 is 20.4 Å². The molecule has 6 rings (SSSR count). The lowest BCUT2D eigenvalue weighted by atomic mass is 9.43. The van der Waals surface area contributed by atoms with Crippen LogP contribution in [0.15, 0.2) is 29.3 Å². The SMILES string of the molecule is CC(C)C[C@H](NC(=O)[C@H](CCCN=C(N)N[N+](=O)[O-])CC(=O)CCCCCCCCCCCN1C(=O)c2ccccc2C1=O)B1O[C@@H]2C[C@H]3C[C@H](C3(C)C)[C@]2(C)O1. The maximum atomic E-state index is 14.0. The molecule has 3 amide bonds. The van der Waals surface area contributed by atoms with Gasteiger partial charge in [-0.25, -0.2) is 15.1 Å². The normalized spacial score (nSPS) is 24.5. The van der Waals surface area contributed by atoms with E-state index in [9.17, 15) is 29.3 Å². The minimum Gasteiger partial charge on any atom is -0.404 e. The first kappa shape index (κ1) is 44.3. The molecule has 0 aromatic heterocycles. The molecule has 1 aromatic rings. The molecule has 57 heavy (non-hydrogen) atoms. The van der Waals surface area contributed by atoms with E-state index < -0.39 is 23.7 Å². The summed E-state index contributed by atoms with van der Waals surface area (Å²) in [6, 6.07) is 6.98. The Labute approximate surface area is 338 Å². The van der Waals surface area contributed by atoms with E-state index in [1.807, 2.05) is 5.43 Å². The van der Waals surface area contributed by atoms with Crippen molar-refractivity contribution in [1.29, 1.82) is 0 Å². The van der Waals surface area contributed by atoms with Gasteiger partial charge in [0.05, 0.1) is 28.8 Å². The average Bonchev–Trinajstić information content (AvgIpc) is 3.63. The highest BCUT2D eigenvalue weighted by Gasteiger charge is 2.68. The van der Waals surface area contributed by atoms with Gasteiger partial charge in [0.1, 0.15) is 5.78 Å². The van der Waals surface area contributed by atoms with Gasteiger partial charge in [-0.2, -0.15) is 0 Å². The zero-order valence-corrected chi connectivity index (χ0v) is 34.8. The molecular formula is C42H65BN6O8. The Morgan fingerprint density at radius 2 is 1.60 bits per heavy atom. The van der Waals surface area contributed by atoms with Gasteiger partial charge in [-0.05, 0) is 87.2 Å². The van der Waals surface area contributed by atoms with E-state index in [0.717, 1.165) is 70.6 Å². The van der Waals surface area contributed by atoms with Gasteiger partial charge in [-0.3, -0.25) is 24.1 Å². The van der Waals surface area contributed by atoms with E-state index in [1.165, 1.54) is 4.90 Å². The smallest absolute Gasteiger partial charge is 0.404 e. The number of nitrogens with one attached hydrogen (secondary N) is 2. The number of carbonyl (C=O) groups excluding carboxylic acids is 4. The van der Waals surface area contributed by atoms with E-state index in [2.05, 4.69) is 44.9 Å². The number of guanidine groups is 1. The first-order valence-electron chi connectivity index (χ1n) is 21.4. The van der Waals surface area contributed by atoms with Gasteiger partial charge in [0.2, 0.25) is 5.91 Å². The maximum absolute atomic E-state index is 14.0. The van der Waals surface area contributed by atoms with Crippen molar-refractivity contribution >= 4 is 36.6 Å². The van der Waals surface area contributed by atoms with Crippen LogP contribution in [0.3, 0.4) is 0 Å². The molecular weight excluding hydrogens is 727 g/mol. The number of nitro groups is 1. The number of carbonyl (C=O) groups is 4. The molecule has 2 heterocycles. The Morgan fingerprint density at radius 3 is 2.19 bits per heavy atom. The third-order valence-corrected chi connectivity index (χ3v) is 13.1. The van der Waals surface area contributed by atoms with Crippen molar-refractivity contribution < 1.29 is 33.5 Å². The van der Waals surface area contributed by atoms with E-state index >= 15 is 0 Å². The highest BCUT2D eigenvalue weighted by atomic mass is 16.7. The number of Topliss-reactive ketones (excluding diaryl/α,β-unsaturated/α-hetero) is 1. The molecule has 1 saturated heterocycles. The minimum atomic E-state index is -0.775. The number of hydrogen-bond donors (Lipinski definition) is 3. The van der Waals surface area contributed by atoms with Gasteiger partial charge in [0.25, 0.3) is 17.8 Å². The summed E-state index contributed by atoms with van der Waals surface area (Å²) < 4.78 is 13.3. The molecule has 6 atom stereocenters. The summed E-state index contributed by atoms with van der Waals surface area (Å²) >= 11 is 0. The van der Waals surface area contributed by atoms with Crippen molar-refractivity contribution in [3.05, 3.63) is 45.5 Å². The largest absolute Gasteiger partial charge is 0.481 e. The van der Waals surface area contributed by atoms with E-state index in [4.69, 9.17) is 15.0 Å². The quantitative estimate of drug-likeness (QED) is 0.0200. The number of hydrazine groups is 1. The van der Waals surface area contributed by atoms with Crippen LogP contribution in [0.5, 0.6) is 0 Å². The van der Waals surface area contributed by atoms with E-state index in [-0.39, 0.29) is 65.8 Å². The van der Waals surface area contributed by atoms with Crippen molar-refractivity contribution in [2.24, 2.45) is 39.8 Å². The Hall–Kier alpha value is -3.85. The lowest BCUT2D eigenvalue weighted by Gasteiger charge is -2.64. The predicted molar refractivity (Wildman–Crippen MR) is 218 cm³/mol. The van der Waals surface area contributed by atoms with Crippen LogP contribution in [0, 0.1) is 39.2 Å². The number of imide groups is 1. The second kappa shape index (κ2) is 19.7. The third kappa shape index (κ3) is 11.0.